The summed E-state index contributed by atoms with van der Waals surface area (Å²) < 4.78 is 11.5. The number of rotatable bonds is 3. The van der Waals surface area contributed by atoms with Crippen molar-refractivity contribution in [3.8, 4) is 23.0 Å². The van der Waals surface area contributed by atoms with Gasteiger partial charge in [-0.1, -0.05) is 12.1 Å². The molecule has 10 nitrogen and oxygen atoms in total. The molecule has 0 spiro atoms. The summed E-state index contributed by atoms with van der Waals surface area (Å²) in [5, 5.41) is 70.4. The number of hydrogen-bond acceptors (Lipinski definition) is 10. The third kappa shape index (κ3) is 3.58. The van der Waals surface area contributed by atoms with Gasteiger partial charge in [-0.3, -0.25) is 4.79 Å². The van der Waals surface area contributed by atoms with Crippen LogP contribution in [0.5, 0.6) is 23.0 Å². The summed E-state index contributed by atoms with van der Waals surface area (Å²) in [5.74, 6) is -1.82. The van der Waals surface area contributed by atoms with E-state index in [0.717, 1.165) is 6.07 Å². The number of carbonyl (C=O) groups is 1. The van der Waals surface area contributed by atoms with Gasteiger partial charge in [-0.05, 0) is 17.7 Å². The van der Waals surface area contributed by atoms with E-state index in [1.54, 1.807) is 12.1 Å². The summed E-state index contributed by atoms with van der Waals surface area (Å²) in [6, 6.07) is 6.83. The van der Waals surface area contributed by atoms with E-state index in [9.17, 15) is 40.5 Å². The minimum atomic E-state index is -1.73. The highest BCUT2D eigenvalue weighted by Gasteiger charge is 2.47. The van der Waals surface area contributed by atoms with Crippen LogP contribution in [0.3, 0.4) is 0 Å². The lowest BCUT2D eigenvalue weighted by molar-refractivity contribution is -0.232. The number of Topliss-reactive ketones (excluding diaryl/α,β-unsaturated/α-hetero) is 1. The minimum Gasteiger partial charge on any atom is -0.508 e. The number of ketones is 1. The van der Waals surface area contributed by atoms with Gasteiger partial charge in [0.2, 0.25) is 0 Å². The second-order valence-corrected chi connectivity index (χ2v) is 7.61. The second-order valence-electron chi connectivity index (χ2n) is 7.61. The van der Waals surface area contributed by atoms with Gasteiger partial charge in [0, 0.05) is 6.07 Å². The number of benzene rings is 2. The summed E-state index contributed by atoms with van der Waals surface area (Å²) in [4.78, 5) is 12.8. The van der Waals surface area contributed by atoms with E-state index in [-0.39, 0.29) is 29.0 Å². The van der Waals surface area contributed by atoms with Crippen LogP contribution in [0, 0.1) is 0 Å². The molecule has 1 fully saturated rings. The standard InChI is InChI=1S/C21H22O10/c22-7-14-17(27)18(28)19(29)21(31-14)16-11(25)5-10(24)15-12(26)6-13(30-20(15)16)8-1-3-9(23)4-2-8/h1-5,13-14,17-19,21-25,27-29H,6-7H2/t13?,14-,17-,18+,19+,21-/m1/s1. The molecule has 2 aliphatic rings. The maximum Gasteiger partial charge on any atom is 0.174 e. The Hall–Kier alpha value is -2.89. The molecular weight excluding hydrogens is 412 g/mol. The average molecular weight is 434 g/mol. The van der Waals surface area contributed by atoms with Crippen LogP contribution >= 0.6 is 0 Å². The van der Waals surface area contributed by atoms with Crippen molar-refractivity contribution >= 4 is 5.78 Å². The van der Waals surface area contributed by atoms with Crippen molar-refractivity contribution in [2.24, 2.45) is 0 Å². The Morgan fingerprint density at radius 3 is 2.26 bits per heavy atom. The lowest BCUT2D eigenvalue weighted by atomic mass is 9.87. The molecule has 0 amide bonds. The Bertz CT molecular complexity index is 987. The predicted octanol–water partition coefficient (Wildman–Crippen LogP) is 0.0248. The van der Waals surface area contributed by atoms with Crippen LogP contribution in [0.4, 0.5) is 0 Å². The zero-order valence-corrected chi connectivity index (χ0v) is 16.1. The second kappa shape index (κ2) is 7.98. The summed E-state index contributed by atoms with van der Waals surface area (Å²) in [7, 11) is 0. The van der Waals surface area contributed by atoms with Crippen LogP contribution in [-0.2, 0) is 4.74 Å². The van der Waals surface area contributed by atoms with Gasteiger partial charge in [0.15, 0.2) is 5.78 Å². The Balaban J connectivity index is 1.81. The molecule has 0 aromatic heterocycles. The molecule has 4 rings (SSSR count). The predicted molar refractivity (Wildman–Crippen MR) is 103 cm³/mol. The van der Waals surface area contributed by atoms with Crippen molar-refractivity contribution < 1.29 is 50.0 Å². The van der Waals surface area contributed by atoms with Crippen molar-refractivity contribution in [2.75, 3.05) is 6.61 Å². The Morgan fingerprint density at radius 1 is 0.935 bits per heavy atom. The van der Waals surface area contributed by atoms with E-state index in [4.69, 9.17) is 9.47 Å². The number of aliphatic hydroxyl groups is 4. The van der Waals surface area contributed by atoms with Crippen LogP contribution in [0.1, 0.15) is 40.1 Å². The molecule has 31 heavy (non-hydrogen) atoms. The molecule has 1 saturated heterocycles. The molecule has 2 heterocycles. The van der Waals surface area contributed by atoms with Crippen LogP contribution < -0.4 is 4.74 Å². The molecule has 7 N–H and O–H groups in total. The summed E-state index contributed by atoms with van der Waals surface area (Å²) >= 11 is 0. The SMILES string of the molecule is O=C1CC(c2ccc(O)cc2)Oc2c1c(O)cc(O)c2[C@H]1O[C@H](CO)[C@@H](O)[C@H](O)[C@@H]1O. The number of ether oxygens (including phenoxy) is 2. The van der Waals surface area contributed by atoms with Gasteiger partial charge in [-0.25, -0.2) is 0 Å². The molecule has 1 unspecified atom stereocenters. The van der Waals surface area contributed by atoms with Gasteiger partial charge in [0.1, 0.15) is 65.2 Å². The first kappa shape index (κ1) is 21.3. The smallest absolute Gasteiger partial charge is 0.174 e. The quantitative estimate of drug-likeness (QED) is 0.348. The lowest BCUT2D eigenvalue weighted by Crippen LogP contribution is -2.55. The van der Waals surface area contributed by atoms with Gasteiger partial charge in [0.05, 0.1) is 18.6 Å². The number of aliphatic hydroxyl groups excluding tert-OH is 4. The molecule has 0 bridgehead atoms. The van der Waals surface area contributed by atoms with E-state index >= 15 is 0 Å². The van der Waals surface area contributed by atoms with Gasteiger partial charge in [0.25, 0.3) is 0 Å². The number of phenols is 3. The topological polar surface area (TPSA) is 177 Å². The van der Waals surface area contributed by atoms with Crippen molar-refractivity contribution in [2.45, 2.75) is 43.0 Å². The van der Waals surface area contributed by atoms with Crippen molar-refractivity contribution in [1.29, 1.82) is 0 Å². The molecule has 0 radical (unpaired) electrons. The Kier molecular flexibility index (Phi) is 5.50. The fourth-order valence-corrected chi connectivity index (χ4v) is 3.98. The minimum absolute atomic E-state index is 0.0172. The molecule has 2 aliphatic heterocycles. The van der Waals surface area contributed by atoms with Gasteiger partial charge in [-0.2, -0.15) is 0 Å². The van der Waals surface area contributed by atoms with E-state index in [0.29, 0.717) is 5.56 Å². The fourth-order valence-electron chi connectivity index (χ4n) is 3.98. The van der Waals surface area contributed by atoms with Crippen molar-refractivity contribution in [3.63, 3.8) is 0 Å². The number of carbonyl (C=O) groups excluding carboxylic acids is 1. The highest BCUT2D eigenvalue weighted by atomic mass is 16.5. The maximum atomic E-state index is 12.8. The largest absolute Gasteiger partial charge is 0.508 e. The van der Waals surface area contributed by atoms with Crippen LogP contribution in [0.2, 0.25) is 0 Å². The normalized spacial score (nSPS) is 30.5. The van der Waals surface area contributed by atoms with Gasteiger partial charge in [-0.15, -0.1) is 0 Å². The first-order valence-corrected chi connectivity index (χ1v) is 9.61. The fraction of sp³-hybridized carbons (Fsp3) is 0.381. The van der Waals surface area contributed by atoms with E-state index in [1.165, 1.54) is 12.1 Å². The number of fused-ring (bicyclic) bond motifs is 1. The molecule has 6 atom stereocenters. The average Bonchev–Trinajstić information content (AvgIpc) is 2.73. The van der Waals surface area contributed by atoms with Crippen LogP contribution in [-0.4, -0.2) is 72.6 Å². The van der Waals surface area contributed by atoms with Gasteiger partial charge >= 0.3 is 0 Å². The van der Waals surface area contributed by atoms with Gasteiger partial charge < -0.3 is 45.2 Å². The van der Waals surface area contributed by atoms with Crippen LogP contribution in [0.25, 0.3) is 0 Å². The molecule has 10 heteroatoms. The van der Waals surface area contributed by atoms with Crippen molar-refractivity contribution in [3.05, 3.63) is 47.0 Å². The highest BCUT2D eigenvalue weighted by molar-refractivity contribution is 6.03. The van der Waals surface area contributed by atoms with E-state index in [1.807, 2.05) is 0 Å². The van der Waals surface area contributed by atoms with Crippen LogP contribution in [0.15, 0.2) is 30.3 Å². The molecule has 0 aliphatic carbocycles. The highest BCUT2D eigenvalue weighted by Crippen LogP contribution is 2.50. The molecular formula is C21H22O10. The monoisotopic (exact) mass is 434 g/mol. The van der Waals surface area contributed by atoms with E-state index < -0.39 is 60.5 Å². The maximum absolute atomic E-state index is 12.8. The third-order valence-electron chi connectivity index (χ3n) is 5.63. The summed E-state index contributed by atoms with van der Waals surface area (Å²) in [6.45, 7) is -0.682. The number of phenolic OH excluding ortho intramolecular Hbond substituents is 3. The summed E-state index contributed by atoms with van der Waals surface area (Å²) in [6.07, 6.45) is -8.75. The van der Waals surface area contributed by atoms with Crippen molar-refractivity contribution in [1.82, 2.24) is 0 Å². The molecule has 0 saturated carbocycles. The molecule has 2 aromatic carbocycles. The molecule has 166 valence electrons. The zero-order chi connectivity index (χ0) is 22.4. The lowest BCUT2D eigenvalue weighted by Gasteiger charge is -2.41. The van der Waals surface area contributed by atoms with E-state index in [2.05, 4.69) is 0 Å². The first-order chi connectivity index (χ1) is 14.7. The third-order valence-corrected chi connectivity index (χ3v) is 5.63. The Labute approximate surface area is 176 Å². The zero-order valence-electron chi connectivity index (χ0n) is 16.1. The first-order valence-electron chi connectivity index (χ1n) is 9.61. The number of aromatic hydroxyl groups is 3. The summed E-state index contributed by atoms with van der Waals surface area (Å²) in [5.41, 5.74) is 0.112. The number of hydrogen-bond donors (Lipinski definition) is 7. The molecule has 2 aromatic rings. The Morgan fingerprint density at radius 2 is 1.61 bits per heavy atom.